The van der Waals surface area contributed by atoms with Crippen molar-refractivity contribution in [2.24, 2.45) is 5.92 Å². The highest BCUT2D eigenvalue weighted by Crippen LogP contribution is 2.20. The summed E-state index contributed by atoms with van der Waals surface area (Å²) < 4.78 is 0. The molecule has 0 radical (unpaired) electrons. The van der Waals surface area contributed by atoms with Crippen molar-refractivity contribution in [1.29, 1.82) is 0 Å². The van der Waals surface area contributed by atoms with E-state index in [0.29, 0.717) is 24.6 Å². The molecular weight excluding hydrogens is 246 g/mol. The minimum Gasteiger partial charge on any atom is -0.476 e. The third-order valence-electron chi connectivity index (χ3n) is 3.37. The van der Waals surface area contributed by atoms with Crippen LogP contribution in [0.5, 0.6) is 0 Å². The number of carbonyl (C=O) groups excluding carboxylic acids is 1. The van der Waals surface area contributed by atoms with Crippen LogP contribution >= 0.6 is 0 Å². The van der Waals surface area contributed by atoms with Crippen LogP contribution in [0.15, 0.2) is 12.4 Å². The molecule has 1 aromatic rings. The molecule has 1 amide bonds. The summed E-state index contributed by atoms with van der Waals surface area (Å²) in [5.74, 6) is -0.644. The Morgan fingerprint density at radius 1 is 1.47 bits per heavy atom. The fraction of sp³-hybridized carbons (Fsp3) is 0.538. The van der Waals surface area contributed by atoms with E-state index in [1.54, 1.807) is 13.1 Å². The van der Waals surface area contributed by atoms with Crippen molar-refractivity contribution in [1.82, 2.24) is 14.9 Å². The van der Waals surface area contributed by atoms with E-state index in [1.807, 2.05) is 4.90 Å². The summed E-state index contributed by atoms with van der Waals surface area (Å²) in [6.45, 7) is 3.11. The van der Waals surface area contributed by atoms with Gasteiger partial charge in [0, 0.05) is 26.2 Å². The Morgan fingerprint density at radius 3 is 2.95 bits per heavy atom. The number of carbonyl (C=O) groups is 2. The summed E-state index contributed by atoms with van der Waals surface area (Å²) in [4.78, 5) is 32.0. The number of aromatic nitrogens is 2. The first-order valence-electron chi connectivity index (χ1n) is 6.36. The number of hydrogen-bond acceptors (Lipinski definition) is 4. The molecular formula is C13H17N3O3. The normalized spacial score (nSPS) is 19.2. The average Bonchev–Trinajstić information content (AvgIpc) is 2.39. The van der Waals surface area contributed by atoms with Gasteiger partial charge < -0.3 is 10.0 Å². The van der Waals surface area contributed by atoms with E-state index in [0.717, 1.165) is 19.4 Å². The van der Waals surface area contributed by atoms with Gasteiger partial charge in [-0.1, -0.05) is 0 Å². The van der Waals surface area contributed by atoms with Crippen LogP contribution in [0.1, 0.15) is 35.9 Å². The lowest BCUT2D eigenvalue weighted by Crippen LogP contribution is -2.39. The van der Waals surface area contributed by atoms with Crippen molar-refractivity contribution in [3.8, 4) is 0 Å². The summed E-state index contributed by atoms with van der Waals surface area (Å²) in [5.41, 5.74) is 0.645. The van der Waals surface area contributed by atoms with Crippen LogP contribution < -0.4 is 0 Å². The van der Waals surface area contributed by atoms with E-state index in [-0.39, 0.29) is 11.6 Å². The van der Waals surface area contributed by atoms with Crippen LogP contribution in [-0.2, 0) is 11.2 Å². The second kappa shape index (κ2) is 5.77. The Labute approximate surface area is 111 Å². The summed E-state index contributed by atoms with van der Waals surface area (Å²) in [5, 5.41) is 8.87. The minimum absolute atomic E-state index is 0.0308. The first-order valence-corrected chi connectivity index (χ1v) is 6.36. The molecule has 102 valence electrons. The molecule has 1 fully saturated rings. The van der Waals surface area contributed by atoms with Crippen molar-refractivity contribution < 1.29 is 14.7 Å². The average molecular weight is 263 g/mol. The SMILES string of the molecule is CC(=O)N1CCC[C@@H](Cc2cncc(C(=O)O)n2)C1. The molecule has 6 heteroatoms. The molecule has 1 saturated heterocycles. The zero-order valence-electron chi connectivity index (χ0n) is 10.9. The zero-order valence-corrected chi connectivity index (χ0v) is 10.9. The Bertz CT molecular complexity index is 490. The van der Waals surface area contributed by atoms with Gasteiger partial charge in [0.2, 0.25) is 5.91 Å². The summed E-state index contributed by atoms with van der Waals surface area (Å²) >= 11 is 0. The zero-order chi connectivity index (χ0) is 13.8. The minimum atomic E-state index is -1.07. The van der Waals surface area contributed by atoms with E-state index in [1.165, 1.54) is 6.20 Å². The lowest BCUT2D eigenvalue weighted by Gasteiger charge is -2.31. The van der Waals surface area contributed by atoms with Crippen molar-refractivity contribution in [2.75, 3.05) is 13.1 Å². The van der Waals surface area contributed by atoms with Crippen molar-refractivity contribution >= 4 is 11.9 Å². The summed E-state index contributed by atoms with van der Waals surface area (Å²) in [6.07, 6.45) is 5.52. The first-order chi connectivity index (χ1) is 9.06. The molecule has 1 aromatic heterocycles. The standard InChI is InChI=1S/C13H17N3O3/c1-9(17)16-4-2-3-10(8-16)5-11-6-14-7-12(15-11)13(18)19/h6-7,10H,2-5,8H2,1H3,(H,18,19)/t10-/m0/s1. The smallest absolute Gasteiger partial charge is 0.356 e. The molecule has 6 nitrogen and oxygen atoms in total. The third kappa shape index (κ3) is 3.49. The quantitative estimate of drug-likeness (QED) is 0.878. The highest BCUT2D eigenvalue weighted by atomic mass is 16.4. The van der Waals surface area contributed by atoms with Gasteiger partial charge in [0.05, 0.1) is 11.9 Å². The van der Waals surface area contributed by atoms with Gasteiger partial charge in [-0.05, 0) is 25.2 Å². The van der Waals surface area contributed by atoms with Gasteiger partial charge in [0.1, 0.15) is 0 Å². The van der Waals surface area contributed by atoms with E-state index in [9.17, 15) is 9.59 Å². The molecule has 1 aliphatic heterocycles. The highest BCUT2D eigenvalue weighted by Gasteiger charge is 2.22. The van der Waals surface area contributed by atoms with Crippen LogP contribution in [0.25, 0.3) is 0 Å². The van der Waals surface area contributed by atoms with Crippen molar-refractivity contribution in [3.05, 3.63) is 23.8 Å². The molecule has 1 aliphatic rings. The van der Waals surface area contributed by atoms with Gasteiger partial charge in [-0.2, -0.15) is 0 Å². The molecule has 0 spiro atoms. The van der Waals surface area contributed by atoms with E-state index in [2.05, 4.69) is 9.97 Å². The summed E-state index contributed by atoms with van der Waals surface area (Å²) in [7, 11) is 0. The molecule has 0 bridgehead atoms. The highest BCUT2D eigenvalue weighted by molar-refractivity contribution is 5.84. The number of aromatic carboxylic acids is 1. The van der Waals surface area contributed by atoms with Crippen molar-refractivity contribution in [3.63, 3.8) is 0 Å². The molecule has 2 heterocycles. The number of piperidine rings is 1. The number of carboxylic acid groups (broad SMARTS) is 1. The van der Waals surface area contributed by atoms with E-state index < -0.39 is 5.97 Å². The lowest BCUT2D eigenvalue weighted by molar-refractivity contribution is -0.130. The number of rotatable bonds is 3. The lowest BCUT2D eigenvalue weighted by atomic mass is 9.93. The van der Waals surface area contributed by atoms with E-state index >= 15 is 0 Å². The second-order valence-corrected chi connectivity index (χ2v) is 4.88. The van der Waals surface area contributed by atoms with Gasteiger partial charge in [0.15, 0.2) is 5.69 Å². The maximum absolute atomic E-state index is 11.4. The molecule has 0 saturated carbocycles. The van der Waals surface area contributed by atoms with Gasteiger partial charge in [0.25, 0.3) is 0 Å². The molecule has 0 aromatic carbocycles. The number of likely N-dealkylation sites (tertiary alicyclic amines) is 1. The Hall–Kier alpha value is -1.98. The first kappa shape index (κ1) is 13.5. The van der Waals surface area contributed by atoms with E-state index in [4.69, 9.17) is 5.11 Å². The van der Waals surface area contributed by atoms with Gasteiger partial charge in [-0.3, -0.25) is 9.78 Å². The number of hydrogen-bond donors (Lipinski definition) is 1. The second-order valence-electron chi connectivity index (χ2n) is 4.88. The topological polar surface area (TPSA) is 83.4 Å². The number of amides is 1. The van der Waals surface area contributed by atoms with Crippen LogP contribution in [0.3, 0.4) is 0 Å². The van der Waals surface area contributed by atoms with Gasteiger partial charge in [-0.15, -0.1) is 0 Å². The molecule has 0 unspecified atom stereocenters. The van der Waals surface area contributed by atoms with Crippen LogP contribution in [-0.4, -0.2) is 44.9 Å². The van der Waals surface area contributed by atoms with Gasteiger partial charge in [-0.25, -0.2) is 9.78 Å². The predicted octanol–water partition coefficient (Wildman–Crippen LogP) is 0.976. The fourth-order valence-corrected chi connectivity index (χ4v) is 2.42. The Balaban J connectivity index is 2.02. The Kier molecular flexibility index (Phi) is 4.09. The molecule has 0 aliphatic carbocycles. The predicted molar refractivity (Wildman–Crippen MR) is 67.7 cm³/mol. The van der Waals surface area contributed by atoms with Crippen LogP contribution in [0, 0.1) is 5.92 Å². The third-order valence-corrected chi connectivity index (χ3v) is 3.37. The van der Waals surface area contributed by atoms with Crippen molar-refractivity contribution in [2.45, 2.75) is 26.2 Å². The molecule has 1 N–H and O–H groups in total. The maximum atomic E-state index is 11.4. The number of carboxylic acids is 1. The molecule has 2 rings (SSSR count). The summed E-state index contributed by atoms with van der Waals surface area (Å²) in [6, 6.07) is 0. The number of nitrogens with zero attached hydrogens (tertiary/aromatic N) is 3. The van der Waals surface area contributed by atoms with Gasteiger partial charge >= 0.3 is 5.97 Å². The monoisotopic (exact) mass is 263 g/mol. The van der Waals surface area contributed by atoms with Crippen LogP contribution in [0.2, 0.25) is 0 Å². The maximum Gasteiger partial charge on any atom is 0.356 e. The molecule has 19 heavy (non-hydrogen) atoms. The molecule has 1 atom stereocenters. The fourth-order valence-electron chi connectivity index (χ4n) is 2.42. The van der Waals surface area contributed by atoms with Crippen LogP contribution in [0.4, 0.5) is 0 Å². The Morgan fingerprint density at radius 2 is 2.26 bits per heavy atom. The largest absolute Gasteiger partial charge is 0.476 e.